The zero-order chi connectivity index (χ0) is 22.5. The number of piperidine rings is 1. The third-order valence-corrected chi connectivity index (χ3v) is 6.67. The monoisotopic (exact) mass is 428 g/mol. The van der Waals surface area contributed by atoms with Crippen molar-refractivity contribution in [2.24, 2.45) is 5.73 Å². The van der Waals surface area contributed by atoms with Crippen molar-refractivity contribution in [2.45, 2.75) is 94.9 Å². The first-order valence-electron chi connectivity index (χ1n) is 11.8. The molecule has 2 unspecified atom stereocenters. The van der Waals surface area contributed by atoms with E-state index in [0.29, 0.717) is 25.5 Å². The molecule has 5 heteroatoms. The van der Waals surface area contributed by atoms with Crippen LogP contribution in [0.15, 0.2) is 43.0 Å². The summed E-state index contributed by atoms with van der Waals surface area (Å²) >= 11 is 0. The molecule has 2 atom stereocenters. The Morgan fingerprint density at radius 2 is 1.90 bits per heavy atom. The van der Waals surface area contributed by atoms with Crippen LogP contribution >= 0.6 is 0 Å². The van der Waals surface area contributed by atoms with Crippen molar-refractivity contribution in [3.63, 3.8) is 0 Å². The molecule has 1 aliphatic carbocycles. The summed E-state index contributed by atoms with van der Waals surface area (Å²) in [6.45, 7) is 10.7. The van der Waals surface area contributed by atoms with Gasteiger partial charge in [0.1, 0.15) is 5.60 Å². The van der Waals surface area contributed by atoms with Crippen LogP contribution in [0.3, 0.4) is 0 Å². The summed E-state index contributed by atoms with van der Waals surface area (Å²) < 4.78 is 12.1. The average molecular weight is 429 g/mol. The molecule has 1 aromatic carbocycles. The van der Waals surface area contributed by atoms with Gasteiger partial charge >= 0.3 is 6.09 Å². The number of hydrogen-bond donors (Lipinski definition) is 1. The molecule has 1 aromatic rings. The first-order chi connectivity index (χ1) is 14.7. The Morgan fingerprint density at radius 1 is 1.23 bits per heavy atom. The van der Waals surface area contributed by atoms with Gasteiger partial charge in [0.25, 0.3) is 0 Å². The summed E-state index contributed by atoms with van der Waals surface area (Å²) in [4.78, 5) is 14.7. The van der Waals surface area contributed by atoms with Crippen LogP contribution in [0.5, 0.6) is 0 Å². The van der Waals surface area contributed by atoms with Crippen LogP contribution in [0, 0.1) is 0 Å². The third kappa shape index (κ3) is 6.33. The lowest BCUT2D eigenvalue weighted by molar-refractivity contribution is -0.0533. The number of carbonyl (C=O) groups excluding carboxylic acids is 1. The van der Waals surface area contributed by atoms with E-state index < -0.39 is 11.1 Å². The number of rotatable bonds is 6. The number of nitrogens with two attached hydrogens (primary N) is 1. The fourth-order valence-electron chi connectivity index (χ4n) is 5.03. The van der Waals surface area contributed by atoms with Crippen LogP contribution in [-0.2, 0) is 9.47 Å². The van der Waals surface area contributed by atoms with Gasteiger partial charge in [-0.2, -0.15) is 0 Å². The van der Waals surface area contributed by atoms with Crippen molar-refractivity contribution < 1.29 is 14.3 Å². The lowest BCUT2D eigenvalue weighted by atomic mass is 9.79. The maximum atomic E-state index is 12.9. The van der Waals surface area contributed by atoms with E-state index in [0.717, 1.165) is 38.5 Å². The highest BCUT2D eigenvalue weighted by atomic mass is 16.6. The number of benzene rings is 1. The molecule has 1 amide bonds. The Bertz CT molecular complexity index is 722. The molecule has 31 heavy (non-hydrogen) atoms. The Morgan fingerprint density at radius 3 is 2.52 bits per heavy atom. The van der Waals surface area contributed by atoms with Gasteiger partial charge in [-0.3, -0.25) is 0 Å². The summed E-state index contributed by atoms with van der Waals surface area (Å²) in [6, 6.07) is 10.6. The second-order valence-electron chi connectivity index (χ2n) is 10.2. The molecule has 2 fully saturated rings. The van der Waals surface area contributed by atoms with Crippen molar-refractivity contribution in [1.82, 2.24) is 4.90 Å². The molecule has 0 spiro atoms. The smallest absolute Gasteiger partial charge is 0.410 e. The topological polar surface area (TPSA) is 64.8 Å². The molecule has 172 valence electrons. The molecule has 1 saturated carbocycles. The highest BCUT2D eigenvalue weighted by Gasteiger charge is 2.44. The van der Waals surface area contributed by atoms with E-state index in [4.69, 9.17) is 15.2 Å². The van der Waals surface area contributed by atoms with Crippen molar-refractivity contribution >= 4 is 6.09 Å². The quantitative estimate of drug-likeness (QED) is 0.616. The van der Waals surface area contributed by atoms with Crippen molar-refractivity contribution in [1.29, 1.82) is 0 Å². The van der Waals surface area contributed by atoms with Gasteiger partial charge in [0.2, 0.25) is 0 Å². The van der Waals surface area contributed by atoms with Crippen LogP contribution in [0.25, 0.3) is 0 Å². The second-order valence-corrected chi connectivity index (χ2v) is 10.2. The maximum Gasteiger partial charge on any atom is 0.410 e. The van der Waals surface area contributed by atoms with Crippen molar-refractivity contribution in [3.05, 3.63) is 48.6 Å². The van der Waals surface area contributed by atoms with Crippen molar-refractivity contribution in [2.75, 3.05) is 13.2 Å². The maximum absolute atomic E-state index is 12.9. The number of hydrogen-bond acceptors (Lipinski definition) is 4. The van der Waals surface area contributed by atoms with E-state index in [1.807, 2.05) is 26.8 Å². The molecule has 2 N–H and O–H groups in total. The van der Waals surface area contributed by atoms with E-state index in [9.17, 15) is 4.79 Å². The largest absolute Gasteiger partial charge is 0.444 e. The third-order valence-electron chi connectivity index (χ3n) is 6.67. The van der Waals surface area contributed by atoms with Gasteiger partial charge in [0.15, 0.2) is 0 Å². The standard InChI is InChI=1S/C26H40N2O3/c1-5-16-26(27)17-9-18-28(24(29)31-25(2,3)4)23(26)19-30-22-14-12-21(13-15-22)20-10-7-6-8-11-20/h5-8,10-11,21-23H,1,9,12-19,27H2,2-4H3. The number of carbonyl (C=O) groups is 1. The van der Waals surface area contributed by atoms with E-state index in [2.05, 4.69) is 36.9 Å². The minimum absolute atomic E-state index is 0.207. The van der Waals surface area contributed by atoms with E-state index in [-0.39, 0.29) is 18.2 Å². The fourth-order valence-corrected chi connectivity index (χ4v) is 5.03. The second kappa shape index (κ2) is 10.2. The molecule has 1 heterocycles. The van der Waals surface area contributed by atoms with Crippen LogP contribution in [0.1, 0.15) is 77.2 Å². The molecule has 0 radical (unpaired) electrons. The molecule has 0 aromatic heterocycles. The minimum atomic E-state index is -0.536. The number of nitrogens with zero attached hydrogens (tertiary/aromatic N) is 1. The van der Waals surface area contributed by atoms with E-state index in [1.54, 1.807) is 4.90 Å². The zero-order valence-electron chi connectivity index (χ0n) is 19.5. The van der Waals surface area contributed by atoms with Gasteiger partial charge in [0.05, 0.1) is 18.8 Å². The zero-order valence-corrected chi connectivity index (χ0v) is 19.5. The van der Waals surface area contributed by atoms with Gasteiger partial charge in [-0.05, 0) is 77.2 Å². The Hall–Kier alpha value is -1.85. The van der Waals surface area contributed by atoms with Gasteiger partial charge in [-0.25, -0.2) is 4.79 Å². The molecule has 1 aliphatic heterocycles. The highest BCUT2D eigenvalue weighted by Crippen LogP contribution is 2.35. The van der Waals surface area contributed by atoms with E-state index in [1.165, 1.54) is 5.56 Å². The Balaban J connectivity index is 1.62. The number of amides is 1. The molecular formula is C26H40N2O3. The highest BCUT2D eigenvalue weighted by molar-refractivity contribution is 5.69. The summed E-state index contributed by atoms with van der Waals surface area (Å²) in [5.41, 5.74) is 7.18. The van der Waals surface area contributed by atoms with Crippen LogP contribution in [0.4, 0.5) is 4.79 Å². The minimum Gasteiger partial charge on any atom is -0.444 e. The first kappa shape index (κ1) is 23.8. The molecular weight excluding hydrogens is 388 g/mol. The average Bonchev–Trinajstić information content (AvgIpc) is 2.72. The van der Waals surface area contributed by atoms with Gasteiger partial charge < -0.3 is 20.1 Å². The van der Waals surface area contributed by atoms with E-state index >= 15 is 0 Å². The lowest BCUT2D eigenvalue weighted by Crippen LogP contribution is -2.65. The summed E-state index contributed by atoms with van der Waals surface area (Å²) in [5.74, 6) is 0.614. The predicted molar refractivity (Wildman–Crippen MR) is 125 cm³/mol. The SMILES string of the molecule is C=CCC1(N)CCCN(C(=O)OC(C)(C)C)C1COC1CCC(c2ccccc2)CC1. The molecule has 2 aliphatic rings. The number of ether oxygens (including phenoxy) is 2. The normalized spacial score (nSPS) is 29.4. The first-order valence-corrected chi connectivity index (χ1v) is 11.8. The number of likely N-dealkylation sites (tertiary alicyclic amines) is 1. The van der Waals surface area contributed by atoms with Crippen LogP contribution < -0.4 is 5.73 Å². The molecule has 0 bridgehead atoms. The molecule has 3 rings (SSSR count). The van der Waals surface area contributed by atoms with Gasteiger partial charge in [-0.15, -0.1) is 6.58 Å². The van der Waals surface area contributed by atoms with Crippen molar-refractivity contribution in [3.8, 4) is 0 Å². The lowest BCUT2D eigenvalue weighted by Gasteiger charge is -2.48. The summed E-state index contributed by atoms with van der Waals surface area (Å²) in [6.07, 6.45) is 8.50. The van der Waals surface area contributed by atoms with Crippen LogP contribution in [0.2, 0.25) is 0 Å². The Kier molecular flexibility index (Phi) is 7.82. The fraction of sp³-hybridized carbons (Fsp3) is 0.654. The molecule has 5 nitrogen and oxygen atoms in total. The molecule has 1 saturated heterocycles. The Labute approximate surface area is 188 Å². The summed E-state index contributed by atoms with van der Waals surface area (Å²) in [5, 5.41) is 0. The van der Waals surface area contributed by atoms with Gasteiger partial charge in [0, 0.05) is 12.1 Å². The predicted octanol–water partition coefficient (Wildman–Crippen LogP) is 5.40. The van der Waals surface area contributed by atoms with Gasteiger partial charge in [-0.1, -0.05) is 36.4 Å². The summed E-state index contributed by atoms with van der Waals surface area (Å²) in [7, 11) is 0. The van der Waals surface area contributed by atoms with Crippen LogP contribution in [-0.4, -0.2) is 47.4 Å².